The van der Waals surface area contributed by atoms with Gasteiger partial charge in [0.25, 0.3) is 11.8 Å². The number of carbonyl (C=O) groups excluding carboxylic acids is 2. The summed E-state index contributed by atoms with van der Waals surface area (Å²) in [5.41, 5.74) is 1.96. The first kappa shape index (κ1) is 16.7. The average Bonchev–Trinajstić information content (AvgIpc) is 2.61. The van der Waals surface area contributed by atoms with Crippen LogP contribution in [0.2, 0.25) is 0 Å². The molecule has 2 rings (SSSR count). The smallest absolute Gasteiger partial charge is 0.258 e. The van der Waals surface area contributed by atoms with Crippen molar-refractivity contribution in [3.05, 3.63) is 65.7 Å². The van der Waals surface area contributed by atoms with Gasteiger partial charge in [-0.3, -0.25) is 9.59 Å². The second-order valence-electron chi connectivity index (χ2n) is 5.39. The Kier molecular flexibility index (Phi) is 5.92. The Labute approximate surface area is 137 Å². The molecule has 0 saturated heterocycles. The number of hydrogen-bond acceptors (Lipinski definition) is 2. The highest BCUT2D eigenvalue weighted by Crippen LogP contribution is 2.15. The van der Waals surface area contributed by atoms with E-state index in [0.717, 1.165) is 18.5 Å². The summed E-state index contributed by atoms with van der Waals surface area (Å²) in [6, 6.07) is 16.2. The Morgan fingerprint density at radius 3 is 2.17 bits per heavy atom. The van der Waals surface area contributed by atoms with Crippen molar-refractivity contribution < 1.29 is 9.59 Å². The summed E-state index contributed by atoms with van der Waals surface area (Å²) >= 11 is 0. The molecule has 2 amide bonds. The number of benzene rings is 2. The zero-order valence-corrected chi connectivity index (χ0v) is 13.6. The Morgan fingerprint density at radius 2 is 1.57 bits per heavy atom. The molecule has 4 nitrogen and oxygen atoms in total. The van der Waals surface area contributed by atoms with Gasteiger partial charge in [0.2, 0.25) is 0 Å². The van der Waals surface area contributed by atoms with E-state index in [1.165, 1.54) is 0 Å². The minimum absolute atomic E-state index is 0.103. The van der Waals surface area contributed by atoms with Crippen LogP contribution in [-0.4, -0.2) is 25.4 Å². The molecule has 0 fully saturated rings. The van der Waals surface area contributed by atoms with Crippen LogP contribution in [0.3, 0.4) is 0 Å². The summed E-state index contributed by atoms with van der Waals surface area (Å²) in [4.78, 5) is 26.0. The largest absolute Gasteiger partial charge is 0.352 e. The minimum Gasteiger partial charge on any atom is -0.352 e. The van der Waals surface area contributed by atoms with Crippen LogP contribution in [0.1, 0.15) is 40.5 Å². The standard InChI is InChI=1S/C19H22N2O2/c1-3-4-14-20-18(22)15-10-12-16(13-11-15)19(23)21(2)17-8-6-5-7-9-17/h5-13H,3-4,14H2,1-2H3,(H,20,22). The molecular weight excluding hydrogens is 288 g/mol. The SMILES string of the molecule is CCCCNC(=O)c1ccc(C(=O)N(C)c2ccccc2)cc1. The third kappa shape index (κ3) is 4.42. The van der Waals surface area contributed by atoms with Gasteiger partial charge in [0.15, 0.2) is 0 Å². The van der Waals surface area contributed by atoms with Crippen LogP contribution in [0.4, 0.5) is 5.69 Å². The maximum Gasteiger partial charge on any atom is 0.258 e. The predicted octanol–water partition coefficient (Wildman–Crippen LogP) is 3.49. The second kappa shape index (κ2) is 8.13. The van der Waals surface area contributed by atoms with E-state index in [4.69, 9.17) is 0 Å². The monoisotopic (exact) mass is 310 g/mol. The molecule has 0 spiro atoms. The fourth-order valence-corrected chi connectivity index (χ4v) is 2.21. The zero-order chi connectivity index (χ0) is 16.7. The van der Waals surface area contributed by atoms with Gasteiger partial charge >= 0.3 is 0 Å². The fraction of sp³-hybridized carbons (Fsp3) is 0.263. The van der Waals surface area contributed by atoms with E-state index in [2.05, 4.69) is 12.2 Å². The van der Waals surface area contributed by atoms with Gasteiger partial charge in [0.1, 0.15) is 0 Å². The molecule has 0 aromatic heterocycles. The number of amides is 2. The normalized spacial score (nSPS) is 10.2. The summed E-state index contributed by atoms with van der Waals surface area (Å²) in [6.07, 6.45) is 2.00. The molecule has 0 radical (unpaired) electrons. The van der Waals surface area contributed by atoms with Gasteiger partial charge in [-0.25, -0.2) is 0 Å². The summed E-state index contributed by atoms with van der Waals surface area (Å²) < 4.78 is 0. The second-order valence-corrected chi connectivity index (χ2v) is 5.39. The topological polar surface area (TPSA) is 49.4 Å². The van der Waals surface area contributed by atoms with Gasteiger partial charge in [-0.05, 0) is 42.8 Å². The van der Waals surface area contributed by atoms with Gasteiger partial charge in [0, 0.05) is 30.4 Å². The van der Waals surface area contributed by atoms with Gasteiger partial charge in [-0.15, -0.1) is 0 Å². The van der Waals surface area contributed by atoms with Crippen molar-refractivity contribution in [1.82, 2.24) is 5.32 Å². The van der Waals surface area contributed by atoms with Crippen molar-refractivity contribution in [3.8, 4) is 0 Å². The maximum atomic E-state index is 12.5. The van der Waals surface area contributed by atoms with Gasteiger partial charge < -0.3 is 10.2 Å². The summed E-state index contributed by atoms with van der Waals surface area (Å²) in [5.74, 6) is -0.206. The molecule has 4 heteroatoms. The lowest BCUT2D eigenvalue weighted by atomic mass is 10.1. The Balaban J connectivity index is 2.04. The van der Waals surface area contributed by atoms with Crippen molar-refractivity contribution in [3.63, 3.8) is 0 Å². The molecule has 1 N–H and O–H groups in total. The highest BCUT2D eigenvalue weighted by Gasteiger charge is 2.14. The average molecular weight is 310 g/mol. The van der Waals surface area contributed by atoms with Gasteiger partial charge in [0.05, 0.1) is 0 Å². The molecule has 0 aliphatic rings. The highest BCUT2D eigenvalue weighted by molar-refractivity contribution is 6.06. The van der Waals surface area contributed by atoms with Crippen molar-refractivity contribution in [2.45, 2.75) is 19.8 Å². The number of nitrogens with zero attached hydrogens (tertiary/aromatic N) is 1. The number of nitrogens with one attached hydrogen (secondary N) is 1. The summed E-state index contributed by atoms with van der Waals surface area (Å²) in [5, 5.41) is 2.86. The number of anilines is 1. The van der Waals surface area contributed by atoms with E-state index >= 15 is 0 Å². The Morgan fingerprint density at radius 1 is 0.957 bits per heavy atom. The molecule has 0 atom stereocenters. The predicted molar refractivity (Wildman–Crippen MR) is 92.9 cm³/mol. The van der Waals surface area contributed by atoms with Gasteiger partial charge in [-0.1, -0.05) is 31.5 Å². The van der Waals surface area contributed by atoms with Crippen molar-refractivity contribution in [2.24, 2.45) is 0 Å². The molecule has 2 aromatic rings. The molecule has 0 bridgehead atoms. The van der Waals surface area contributed by atoms with E-state index in [-0.39, 0.29) is 11.8 Å². The lowest BCUT2D eigenvalue weighted by Gasteiger charge is -2.17. The minimum atomic E-state index is -0.103. The van der Waals surface area contributed by atoms with E-state index in [0.29, 0.717) is 17.7 Å². The van der Waals surface area contributed by atoms with Crippen LogP contribution in [-0.2, 0) is 0 Å². The first-order valence-corrected chi connectivity index (χ1v) is 7.85. The van der Waals surface area contributed by atoms with Crippen LogP contribution in [0.5, 0.6) is 0 Å². The molecule has 0 aliphatic heterocycles. The number of para-hydroxylation sites is 1. The third-order valence-corrected chi connectivity index (χ3v) is 3.66. The molecular formula is C19H22N2O2. The quantitative estimate of drug-likeness (QED) is 0.830. The third-order valence-electron chi connectivity index (χ3n) is 3.66. The van der Waals surface area contributed by atoms with Crippen LogP contribution in [0, 0.1) is 0 Å². The molecule has 0 aliphatic carbocycles. The first-order chi connectivity index (χ1) is 11.1. The first-order valence-electron chi connectivity index (χ1n) is 7.85. The molecule has 23 heavy (non-hydrogen) atoms. The van der Waals surface area contributed by atoms with E-state index < -0.39 is 0 Å². The van der Waals surface area contributed by atoms with Crippen LogP contribution in [0.15, 0.2) is 54.6 Å². The Bertz CT molecular complexity index is 651. The number of rotatable bonds is 6. The van der Waals surface area contributed by atoms with Crippen molar-refractivity contribution >= 4 is 17.5 Å². The van der Waals surface area contributed by atoms with Crippen molar-refractivity contribution in [1.29, 1.82) is 0 Å². The molecule has 0 unspecified atom stereocenters. The fourth-order valence-electron chi connectivity index (χ4n) is 2.21. The lowest BCUT2D eigenvalue weighted by molar-refractivity contribution is 0.0950. The molecule has 2 aromatic carbocycles. The van der Waals surface area contributed by atoms with Crippen LogP contribution in [0.25, 0.3) is 0 Å². The van der Waals surface area contributed by atoms with Crippen molar-refractivity contribution in [2.75, 3.05) is 18.5 Å². The van der Waals surface area contributed by atoms with Gasteiger partial charge in [-0.2, -0.15) is 0 Å². The maximum absolute atomic E-state index is 12.5. The molecule has 0 saturated carbocycles. The number of unbranched alkanes of at least 4 members (excludes halogenated alkanes) is 1. The summed E-state index contributed by atoms with van der Waals surface area (Å²) in [6.45, 7) is 2.75. The van der Waals surface area contributed by atoms with E-state index in [1.807, 2.05) is 30.3 Å². The zero-order valence-electron chi connectivity index (χ0n) is 13.6. The Hall–Kier alpha value is -2.62. The van der Waals surface area contributed by atoms with E-state index in [9.17, 15) is 9.59 Å². The van der Waals surface area contributed by atoms with Crippen LogP contribution >= 0.6 is 0 Å². The summed E-state index contributed by atoms with van der Waals surface area (Å²) in [7, 11) is 1.74. The number of hydrogen-bond donors (Lipinski definition) is 1. The number of carbonyl (C=O) groups is 2. The molecule has 0 heterocycles. The highest BCUT2D eigenvalue weighted by atomic mass is 16.2. The lowest BCUT2D eigenvalue weighted by Crippen LogP contribution is -2.27. The van der Waals surface area contributed by atoms with E-state index in [1.54, 1.807) is 36.2 Å². The van der Waals surface area contributed by atoms with Crippen LogP contribution < -0.4 is 10.2 Å². The molecule has 120 valence electrons.